The van der Waals surface area contributed by atoms with E-state index in [0.717, 1.165) is 26.2 Å². The number of piperazine rings is 1. The van der Waals surface area contributed by atoms with Crippen molar-refractivity contribution in [1.29, 1.82) is 0 Å². The minimum atomic E-state index is 0.399. The van der Waals surface area contributed by atoms with Crippen LogP contribution < -0.4 is 5.32 Å². The van der Waals surface area contributed by atoms with Crippen molar-refractivity contribution in [3.05, 3.63) is 46.7 Å². The lowest BCUT2D eigenvalue weighted by molar-refractivity contribution is 0.153. The van der Waals surface area contributed by atoms with Gasteiger partial charge in [0.25, 0.3) is 0 Å². The second-order valence-electron chi connectivity index (χ2n) is 4.40. The number of nitrogens with one attached hydrogen (secondary N) is 1. The van der Waals surface area contributed by atoms with Gasteiger partial charge in [0.05, 0.1) is 6.54 Å². The van der Waals surface area contributed by atoms with E-state index in [0.29, 0.717) is 6.04 Å². The molecule has 1 unspecified atom stereocenters. The topological polar surface area (TPSA) is 41.1 Å². The monoisotopic (exact) mass is 260 g/mol. The van der Waals surface area contributed by atoms with E-state index >= 15 is 0 Å². The Morgan fingerprint density at radius 3 is 3.22 bits per heavy atom. The Morgan fingerprint density at radius 1 is 1.44 bits per heavy atom. The maximum absolute atomic E-state index is 4.38. The predicted molar refractivity (Wildman–Crippen MR) is 72.4 cm³/mol. The van der Waals surface area contributed by atoms with Crippen molar-refractivity contribution in [2.24, 2.45) is 0 Å². The Balaban J connectivity index is 1.78. The number of aromatic nitrogens is 2. The highest BCUT2D eigenvalue weighted by Crippen LogP contribution is 2.23. The SMILES string of the molecule is c1cncc(C2CNCCN2Cc2nccs2)c1. The lowest BCUT2D eigenvalue weighted by Crippen LogP contribution is -2.45. The van der Waals surface area contributed by atoms with Gasteiger partial charge in [0.1, 0.15) is 5.01 Å². The first-order valence-electron chi connectivity index (χ1n) is 6.16. The number of hydrogen-bond acceptors (Lipinski definition) is 5. The van der Waals surface area contributed by atoms with E-state index in [1.165, 1.54) is 10.6 Å². The fourth-order valence-corrected chi connectivity index (χ4v) is 2.98. The van der Waals surface area contributed by atoms with Gasteiger partial charge < -0.3 is 5.32 Å². The van der Waals surface area contributed by atoms with E-state index in [2.05, 4.69) is 26.3 Å². The molecule has 1 aliphatic heterocycles. The van der Waals surface area contributed by atoms with Crippen molar-refractivity contribution in [2.75, 3.05) is 19.6 Å². The van der Waals surface area contributed by atoms with Gasteiger partial charge >= 0.3 is 0 Å². The minimum Gasteiger partial charge on any atom is -0.314 e. The smallest absolute Gasteiger partial charge is 0.107 e. The van der Waals surface area contributed by atoms with Crippen LogP contribution in [-0.4, -0.2) is 34.5 Å². The lowest BCUT2D eigenvalue weighted by atomic mass is 10.1. The standard InChI is InChI=1S/C13H16N4S/c1-2-11(8-14-3-1)12-9-15-4-6-17(12)10-13-16-5-7-18-13/h1-3,5,7-8,12,15H,4,6,9-10H2. The van der Waals surface area contributed by atoms with Crippen LogP contribution >= 0.6 is 11.3 Å². The largest absolute Gasteiger partial charge is 0.314 e. The highest BCUT2D eigenvalue weighted by Gasteiger charge is 2.24. The first-order valence-corrected chi connectivity index (χ1v) is 7.04. The molecule has 1 saturated heterocycles. The molecule has 1 atom stereocenters. The number of rotatable bonds is 3. The summed E-state index contributed by atoms with van der Waals surface area (Å²) in [7, 11) is 0. The summed E-state index contributed by atoms with van der Waals surface area (Å²) in [5.74, 6) is 0. The summed E-state index contributed by atoms with van der Waals surface area (Å²) >= 11 is 1.72. The molecule has 1 aliphatic rings. The number of nitrogens with zero attached hydrogens (tertiary/aromatic N) is 3. The molecule has 5 heteroatoms. The molecule has 4 nitrogen and oxygen atoms in total. The van der Waals surface area contributed by atoms with Gasteiger partial charge in [-0.05, 0) is 11.6 Å². The van der Waals surface area contributed by atoms with Gasteiger partial charge in [-0.1, -0.05) is 6.07 Å². The lowest BCUT2D eigenvalue weighted by Gasteiger charge is -2.35. The van der Waals surface area contributed by atoms with E-state index in [9.17, 15) is 0 Å². The van der Waals surface area contributed by atoms with Gasteiger partial charge in [-0.15, -0.1) is 11.3 Å². The van der Waals surface area contributed by atoms with Crippen LogP contribution in [0.5, 0.6) is 0 Å². The van der Waals surface area contributed by atoms with Crippen molar-refractivity contribution in [1.82, 2.24) is 20.2 Å². The van der Waals surface area contributed by atoms with Crippen LogP contribution in [0, 0.1) is 0 Å². The Bertz CT molecular complexity index is 471. The summed E-state index contributed by atoms with van der Waals surface area (Å²) in [5.41, 5.74) is 1.28. The molecule has 2 aromatic heterocycles. The van der Waals surface area contributed by atoms with Crippen molar-refractivity contribution in [3.8, 4) is 0 Å². The maximum Gasteiger partial charge on any atom is 0.107 e. The second-order valence-corrected chi connectivity index (χ2v) is 5.38. The van der Waals surface area contributed by atoms with Crippen molar-refractivity contribution in [3.63, 3.8) is 0 Å². The molecule has 1 fully saturated rings. The fourth-order valence-electron chi connectivity index (χ4n) is 2.34. The Labute approximate surface area is 111 Å². The van der Waals surface area contributed by atoms with Crippen molar-refractivity contribution < 1.29 is 0 Å². The van der Waals surface area contributed by atoms with Gasteiger partial charge in [-0.3, -0.25) is 9.88 Å². The van der Waals surface area contributed by atoms with Gasteiger partial charge in [0.2, 0.25) is 0 Å². The molecule has 18 heavy (non-hydrogen) atoms. The van der Waals surface area contributed by atoms with Crippen LogP contribution in [-0.2, 0) is 6.54 Å². The van der Waals surface area contributed by atoms with Crippen LogP contribution in [0.4, 0.5) is 0 Å². The average Bonchev–Trinajstić information content (AvgIpc) is 2.93. The third kappa shape index (κ3) is 2.58. The summed E-state index contributed by atoms with van der Waals surface area (Å²) in [4.78, 5) is 11.1. The van der Waals surface area contributed by atoms with E-state index in [4.69, 9.17) is 0 Å². The number of hydrogen-bond donors (Lipinski definition) is 1. The van der Waals surface area contributed by atoms with Gasteiger partial charge in [0, 0.05) is 49.6 Å². The predicted octanol–water partition coefficient (Wildman–Crippen LogP) is 1.68. The van der Waals surface area contributed by atoms with Gasteiger partial charge in [-0.25, -0.2) is 4.98 Å². The Morgan fingerprint density at radius 2 is 2.44 bits per heavy atom. The fraction of sp³-hybridized carbons (Fsp3) is 0.385. The number of thiazole rings is 1. The molecular weight excluding hydrogens is 244 g/mol. The molecule has 3 heterocycles. The van der Waals surface area contributed by atoms with Gasteiger partial charge in [0.15, 0.2) is 0 Å². The van der Waals surface area contributed by atoms with Gasteiger partial charge in [-0.2, -0.15) is 0 Å². The highest BCUT2D eigenvalue weighted by atomic mass is 32.1. The van der Waals surface area contributed by atoms with E-state index in [1.807, 2.05) is 30.0 Å². The second kappa shape index (κ2) is 5.56. The molecule has 0 saturated carbocycles. The van der Waals surface area contributed by atoms with E-state index < -0.39 is 0 Å². The molecule has 0 aromatic carbocycles. The molecular formula is C13H16N4S. The summed E-state index contributed by atoms with van der Waals surface area (Å²) in [6.45, 7) is 4.01. The quantitative estimate of drug-likeness (QED) is 0.911. The van der Waals surface area contributed by atoms with Crippen molar-refractivity contribution >= 4 is 11.3 Å². The molecule has 94 valence electrons. The van der Waals surface area contributed by atoms with Crippen LogP contribution in [0.1, 0.15) is 16.6 Å². The third-order valence-electron chi connectivity index (χ3n) is 3.25. The van der Waals surface area contributed by atoms with E-state index in [-0.39, 0.29) is 0 Å². The van der Waals surface area contributed by atoms with Crippen LogP contribution in [0.15, 0.2) is 36.1 Å². The first-order chi connectivity index (χ1) is 8.93. The van der Waals surface area contributed by atoms with Crippen molar-refractivity contribution in [2.45, 2.75) is 12.6 Å². The molecule has 0 amide bonds. The van der Waals surface area contributed by atoms with Crippen LogP contribution in [0.2, 0.25) is 0 Å². The minimum absolute atomic E-state index is 0.399. The molecule has 0 spiro atoms. The van der Waals surface area contributed by atoms with Crippen LogP contribution in [0.25, 0.3) is 0 Å². The third-order valence-corrected chi connectivity index (χ3v) is 4.01. The number of pyridine rings is 1. The summed E-state index contributed by atoms with van der Waals surface area (Å²) in [6, 6.07) is 4.56. The summed E-state index contributed by atoms with van der Waals surface area (Å²) < 4.78 is 0. The normalized spacial score (nSPS) is 21.0. The zero-order valence-corrected chi connectivity index (χ0v) is 10.9. The molecule has 0 bridgehead atoms. The first kappa shape index (κ1) is 11.8. The molecule has 2 aromatic rings. The summed E-state index contributed by atoms with van der Waals surface area (Å²) in [5, 5.41) is 6.68. The maximum atomic E-state index is 4.38. The zero-order chi connectivity index (χ0) is 12.2. The van der Waals surface area contributed by atoms with Crippen LogP contribution in [0.3, 0.4) is 0 Å². The van der Waals surface area contributed by atoms with E-state index in [1.54, 1.807) is 11.3 Å². The molecule has 1 N–H and O–H groups in total. The molecule has 0 radical (unpaired) electrons. The molecule has 0 aliphatic carbocycles. The zero-order valence-electron chi connectivity index (χ0n) is 10.1. The summed E-state index contributed by atoms with van der Waals surface area (Å²) in [6.07, 6.45) is 5.67. The Hall–Kier alpha value is -1.30. The highest BCUT2D eigenvalue weighted by molar-refractivity contribution is 7.09. The Kier molecular flexibility index (Phi) is 3.64. The average molecular weight is 260 g/mol. The molecule has 3 rings (SSSR count).